The Labute approximate surface area is 234 Å². The van der Waals surface area contributed by atoms with Crippen LogP contribution in [0, 0.1) is 24.2 Å². The molecule has 0 saturated heterocycles. The first-order valence-corrected chi connectivity index (χ1v) is 14.3. The van der Waals surface area contributed by atoms with E-state index >= 15 is 0 Å². The normalized spacial score (nSPS) is 17.7. The summed E-state index contributed by atoms with van der Waals surface area (Å²) < 4.78 is 0. The van der Waals surface area contributed by atoms with Crippen LogP contribution in [-0.2, 0) is 19.3 Å². The summed E-state index contributed by atoms with van der Waals surface area (Å²) in [6.07, 6.45) is 20.1. The van der Waals surface area contributed by atoms with Crippen LogP contribution in [0.3, 0.4) is 0 Å². The third kappa shape index (κ3) is 7.33. The van der Waals surface area contributed by atoms with E-state index in [0.717, 1.165) is 36.9 Å². The number of rotatable bonds is 10. The third-order valence-electron chi connectivity index (χ3n) is 8.34. The second-order valence-electron chi connectivity index (χ2n) is 11.1. The molecule has 0 bridgehead atoms. The molecule has 1 aliphatic carbocycles. The fourth-order valence-corrected chi connectivity index (χ4v) is 6.18. The van der Waals surface area contributed by atoms with Crippen molar-refractivity contribution in [2.45, 2.75) is 57.3 Å². The van der Waals surface area contributed by atoms with Gasteiger partial charge in [-0.3, -0.25) is 9.97 Å². The van der Waals surface area contributed by atoms with E-state index in [2.05, 4.69) is 89.2 Å². The Bertz CT molecular complexity index is 1360. The Morgan fingerprint density at radius 3 is 2.28 bits per heavy atom. The van der Waals surface area contributed by atoms with Crippen LogP contribution in [0.15, 0.2) is 110 Å². The predicted octanol–water partition coefficient (Wildman–Crippen LogP) is 8.37. The molecule has 1 unspecified atom stereocenters. The number of aromatic nitrogens is 2. The van der Waals surface area contributed by atoms with Gasteiger partial charge in [-0.2, -0.15) is 0 Å². The molecule has 4 aromatic rings. The summed E-state index contributed by atoms with van der Waals surface area (Å²) in [5.74, 6) is 4.38. The van der Waals surface area contributed by atoms with Gasteiger partial charge in [0.15, 0.2) is 0 Å². The molecule has 1 atom stereocenters. The minimum absolute atomic E-state index is 0.398. The fourth-order valence-electron chi connectivity index (χ4n) is 6.18. The van der Waals surface area contributed by atoms with E-state index < -0.39 is 0 Å². The van der Waals surface area contributed by atoms with Crippen LogP contribution < -0.4 is 0 Å². The second kappa shape index (κ2) is 13.2. The average molecular weight is 511 g/mol. The quantitative estimate of drug-likeness (QED) is 0.158. The van der Waals surface area contributed by atoms with Crippen molar-refractivity contribution in [2.75, 3.05) is 0 Å². The molecule has 2 aromatic carbocycles. The molecule has 196 valence electrons. The van der Waals surface area contributed by atoms with Crippen molar-refractivity contribution in [3.8, 4) is 12.3 Å². The molecule has 39 heavy (non-hydrogen) atoms. The Balaban J connectivity index is 1.27. The first-order valence-electron chi connectivity index (χ1n) is 14.3. The summed E-state index contributed by atoms with van der Waals surface area (Å²) in [6.45, 7) is 4.68. The Morgan fingerprint density at radius 2 is 1.62 bits per heavy atom. The molecule has 2 nitrogen and oxygen atoms in total. The first-order chi connectivity index (χ1) is 19.2. The smallest absolute Gasteiger partial charge is 0.0427 e. The van der Waals surface area contributed by atoms with E-state index in [-0.39, 0.29) is 0 Å². The largest absolute Gasteiger partial charge is 0.264 e. The monoisotopic (exact) mass is 510 g/mol. The number of pyridine rings is 2. The number of aryl methyl sites for hydroxylation is 1. The van der Waals surface area contributed by atoms with Crippen molar-refractivity contribution in [1.29, 1.82) is 0 Å². The highest BCUT2D eigenvalue weighted by molar-refractivity contribution is 5.34. The molecule has 1 fully saturated rings. The highest BCUT2D eigenvalue weighted by Gasteiger charge is 2.30. The lowest BCUT2D eigenvalue weighted by Gasteiger charge is -2.35. The molecule has 0 radical (unpaired) electrons. The third-order valence-corrected chi connectivity index (χ3v) is 8.34. The first kappa shape index (κ1) is 26.6. The van der Waals surface area contributed by atoms with E-state index in [1.165, 1.54) is 53.5 Å². The van der Waals surface area contributed by atoms with Crippen molar-refractivity contribution in [3.05, 3.63) is 143 Å². The maximum atomic E-state index is 5.50. The molecule has 0 amide bonds. The second-order valence-corrected chi connectivity index (χ2v) is 11.1. The fraction of sp³-hybridized carbons (Fsp3) is 0.297. The van der Waals surface area contributed by atoms with Crippen molar-refractivity contribution in [2.24, 2.45) is 11.8 Å². The topological polar surface area (TPSA) is 25.8 Å². The van der Waals surface area contributed by atoms with Crippen molar-refractivity contribution in [3.63, 3.8) is 0 Å². The summed E-state index contributed by atoms with van der Waals surface area (Å²) in [4.78, 5) is 8.88. The zero-order valence-corrected chi connectivity index (χ0v) is 22.8. The molecule has 0 spiro atoms. The zero-order valence-electron chi connectivity index (χ0n) is 22.8. The molecular weight excluding hydrogens is 472 g/mol. The molecule has 0 aliphatic heterocycles. The van der Waals surface area contributed by atoms with Gasteiger partial charge in [-0.25, -0.2) is 0 Å². The van der Waals surface area contributed by atoms with Gasteiger partial charge in [-0.1, -0.05) is 78.7 Å². The van der Waals surface area contributed by atoms with E-state index in [1.54, 1.807) is 0 Å². The lowest BCUT2D eigenvalue weighted by molar-refractivity contribution is 0.251. The van der Waals surface area contributed by atoms with Gasteiger partial charge in [0.2, 0.25) is 0 Å². The van der Waals surface area contributed by atoms with Crippen LogP contribution in [0.2, 0.25) is 0 Å². The summed E-state index contributed by atoms with van der Waals surface area (Å²) in [7, 11) is 0. The minimum atomic E-state index is 0.398. The van der Waals surface area contributed by atoms with Crippen molar-refractivity contribution >= 4 is 0 Å². The van der Waals surface area contributed by atoms with Gasteiger partial charge in [0.25, 0.3) is 0 Å². The number of nitrogens with zero attached hydrogens (tertiary/aromatic N) is 2. The average Bonchev–Trinajstić information content (AvgIpc) is 2.99. The number of hydrogen-bond acceptors (Lipinski definition) is 2. The molecule has 5 rings (SSSR count). The molecular formula is C37H38N2. The van der Waals surface area contributed by atoms with E-state index in [1.807, 2.05) is 30.7 Å². The summed E-state index contributed by atoms with van der Waals surface area (Å²) >= 11 is 0. The van der Waals surface area contributed by atoms with Gasteiger partial charge < -0.3 is 0 Å². The standard InChI is InChI=1S/C37H38N2/c1-3-29-17-22-36(39-27-29)25-32-15-20-35(21-16-32)37(28(2)11-12-30-8-5-4-6-9-30)34-18-13-31(14-19-34)24-33-10-7-23-38-26-33/h1,4-10,13-14,17-19,22-23,26-27,32,35,37H,2,11-12,15-16,20-21,24-25H2. The lowest BCUT2D eigenvalue weighted by atomic mass is 9.69. The minimum Gasteiger partial charge on any atom is -0.264 e. The molecule has 1 aliphatic rings. The van der Waals surface area contributed by atoms with E-state index in [0.29, 0.717) is 17.8 Å². The Hall–Kier alpha value is -3.96. The maximum Gasteiger partial charge on any atom is 0.0427 e. The van der Waals surface area contributed by atoms with Gasteiger partial charge >= 0.3 is 0 Å². The van der Waals surface area contributed by atoms with Gasteiger partial charge in [0.05, 0.1) is 0 Å². The number of benzene rings is 2. The van der Waals surface area contributed by atoms with Gasteiger partial charge in [-0.15, -0.1) is 6.42 Å². The summed E-state index contributed by atoms with van der Waals surface area (Å²) in [5.41, 5.74) is 8.75. The van der Waals surface area contributed by atoms with Crippen molar-refractivity contribution < 1.29 is 0 Å². The predicted molar refractivity (Wildman–Crippen MR) is 161 cm³/mol. The molecule has 2 heterocycles. The highest BCUT2D eigenvalue weighted by Crippen LogP contribution is 2.43. The van der Waals surface area contributed by atoms with Crippen LogP contribution in [-0.4, -0.2) is 9.97 Å². The Kier molecular flexibility index (Phi) is 9.02. The summed E-state index contributed by atoms with van der Waals surface area (Å²) in [5, 5.41) is 0. The molecule has 2 aromatic heterocycles. The van der Waals surface area contributed by atoms with Crippen LogP contribution in [0.5, 0.6) is 0 Å². The van der Waals surface area contributed by atoms with Crippen LogP contribution in [0.25, 0.3) is 0 Å². The number of hydrogen-bond donors (Lipinski definition) is 0. The SMILES string of the molecule is C#Cc1ccc(CC2CCC(C(C(=C)CCc3ccccc3)c3ccc(Cc4cccnc4)cc3)CC2)nc1. The number of terminal acetylenes is 1. The maximum absolute atomic E-state index is 5.50. The zero-order chi connectivity index (χ0) is 26.9. The van der Waals surface area contributed by atoms with Crippen LogP contribution in [0.1, 0.15) is 71.5 Å². The highest BCUT2D eigenvalue weighted by atomic mass is 14.7. The van der Waals surface area contributed by atoms with Gasteiger partial charge in [0, 0.05) is 35.8 Å². The Morgan fingerprint density at radius 1 is 0.846 bits per heavy atom. The molecule has 2 heteroatoms. The van der Waals surface area contributed by atoms with Gasteiger partial charge in [-0.05, 0) is 104 Å². The van der Waals surface area contributed by atoms with E-state index in [4.69, 9.17) is 6.42 Å². The van der Waals surface area contributed by atoms with Crippen LogP contribution in [0.4, 0.5) is 0 Å². The van der Waals surface area contributed by atoms with Gasteiger partial charge in [0.1, 0.15) is 0 Å². The lowest BCUT2D eigenvalue weighted by Crippen LogP contribution is -2.23. The summed E-state index contributed by atoms with van der Waals surface area (Å²) in [6, 6.07) is 28.4. The van der Waals surface area contributed by atoms with E-state index in [9.17, 15) is 0 Å². The number of allylic oxidation sites excluding steroid dienone is 1. The molecule has 1 saturated carbocycles. The van der Waals surface area contributed by atoms with Crippen molar-refractivity contribution in [1.82, 2.24) is 9.97 Å². The van der Waals surface area contributed by atoms with Crippen LogP contribution >= 0.6 is 0 Å². The molecule has 0 N–H and O–H groups in total.